The van der Waals surface area contributed by atoms with Crippen LogP contribution in [0.2, 0.25) is 5.02 Å². The van der Waals surface area contributed by atoms with Crippen LogP contribution in [0.4, 0.5) is 8.78 Å². The minimum absolute atomic E-state index is 0.0241. The molecule has 5 heteroatoms. The van der Waals surface area contributed by atoms with E-state index in [4.69, 9.17) is 16.3 Å². The quantitative estimate of drug-likeness (QED) is 0.879. The van der Waals surface area contributed by atoms with Crippen molar-refractivity contribution in [1.29, 1.82) is 0 Å². The highest BCUT2D eigenvalue weighted by Gasteiger charge is 2.12. The Morgan fingerprint density at radius 2 is 1.95 bits per heavy atom. The number of nitrogens with one attached hydrogen (secondary N) is 1. The number of halogens is 3. The molecule has 0 saturated heterocycles. The molecule has 2 rings (SSSR count). The van der Waals surface area contributed by atoms with Crippen molar-refractivity contribution in [3.8, 4) is 5.75 Å². The highest BCUT2D eigenvalue weighted by molar-refractivity contribution is 6.30. The lowest BCUT2D eigenvalue weighted by molar-refractivity contribution is 0.293. The van der Waals surface area contributed by atoms with Crippen molar-refractivity contribution in [3.63, 3.8) is 0 Å². The van der Waals surface area contributed by atoms with Gasteiger partial charge in [0, 0.05) is 22.2 Å². The molecular formula is C16H16ClF2NO. The van der Waals surface area contributed by atoms with Gasteiger partial charge in [0.25, 0.3) is 0 Å². The molecule has 21 heavy (non-hydrogen) atoms. The first-order valence-electron chi connectivity index (χ1n) is 6.54. The molecule has 0 aromatic heterocycles. The molecular weight excluding hydrogens is 296 g/mol. The van der Waals surface area contributed by atoms with E-state index < -0.39 is 11.6 Å². The maximum atomic E-state index is 13.6. The van der Waals surface area contributed by atoms with Crippen LogP contribution >= 0.6 is 11.6 Å². The monoisotopic (exact) mass is 311 g/mol. The van der Waals surface area contributed by atoms with Crippen LogP contribution in [-0.2, 0) is 6.61 Å². The Kier molecular flexibility index (Phi) is 5.15. The maximum absolute atomic E-state index is 13.6. The lowest BCUT2D eigenvalue weighted by atomic mass is 10.1. The molecule has 0 radical (unpaired) electrons. The summed E-state index contributed by atoms with van der Waals surface area (Å²) in [6.07, 6.45) is 0. The topological polar surface area (TPSA) is 21.3 Å². The van der Waals surface area contributed by atoms with Crippen LogP contribution in [0, 0.1) is 11.6 Å². The zero-order chi connectivity index (χ0) is 15.4. The summed E-state index contributed by atoms with van der Waals surface area (Å²) >= 11 is 5.99. The molecule has 112 valence electrons. The van der Waals surface area contributed by atoms with Crippen LogP contribution in [0.1, 0.15) is 24.1 Å². The van der Waals surface area contributed by atoms with Gasteiger partial charge in [0.15, 0.2) is 0 Å². The van der Waals surface area contributed by atoms with Gasteiger partial charge in [-0.3, -0.25) is 0 Å². The third-order valence-corrected chi connectivity index (χ3v) is 3.50. The number of benzene rings is 2. The van der Waals surface area contributed by atoms with Gasteiger partial charge in [-0.15, -0.1) is 0 Å². The molecule has 1 atom stereocenters. The minimum atomic E-state index is -0.492. The second kappa shape index (κ2) is 6.87. The van der Waals surface area contributed by atoms with E-state index in [-0.39, 0.29) is 18.2 Å². The van der Waals surface area contributed by atoms with Crippen molar-refractivity contribution in [2.75, 3.05) is 7.05 Å². The van der Waals surface area contributed by atoms with E-state index in [0.29, 0.717) is 10.8 Å². The maximum Gasteiger partial charge on any atom is 0.130 e. The molecule has 0 aliphatic rings. The van der Waals surface area contributed by atoms with Crippen LogP contribution in [0.5, 0.6) is 5.75 Å². The first kappa shape index (κ1) is 15.7. The molecule has 0 fully saturated rings. The summed E-state index contributed by atoms with van der Waals surface area (Å²) in [4.78, 5) is 0. The summed E-state index contributed by atoms with van der Waals surface area (Å²) in [7, 11) is 1.82. The average molecular weight is 312 g/mol. The van der Waals surface area contributed by atoms with Crippen molar-refractivity contribution in [3.05, 3.63) is 64.2 Å². The van der Waals surface area contributed by atoms with Gasteiger partial charge < -0.3 is 10.1 Å². The van der Waals surface area contributed by atoms with E-state index in [0.717, 1.165) is 23.8 Å². The predicted octanol–water partition coefficient (Wildman–Crippen LogP) is 4.48. The van der Waals surface area contributed by atoms with E-state index in [2.05, 4.69) is 5.32 Å². The normalized spacial score (nSPS) is 12.2. The van der Waals surface area contributed by atoms with Crippen molar-refractivity contribution in [1.82, 2.24) is 5.32 Å². The third-order valence-electron chi connectivity index (χ3n) is 3.26. The first-order valence-corrected chi connectivity index (χ1v) is 6.92. The Morgan fingerprint density at radius 1 is 1.19 bits per heavy atom. The molecule has 0 heterocycles. The van der Waals surface area contributed by atoms with Crippen LogP contribution in [0.25, 0.3) is 0 Å². The zero-order valence-corrected chi connectivity index (χ0v) is 12.5. The third kappa shape index (κ3) is 3.93. The number of hydrogen-bond donors (Lipinski definition) is 1. The highest BCUT2D eigenvalue weighted by atomic mass is 35.5. The molecule has 0 spiro atoms. The van der Waals surface area contributed by atoms with Crippen molar-refractivity contribution in [2.24, 2.45) is 0 Å². The van der Waals surface area contributed by atoms with Gasteiger partial charge in [-0.05, 0) is 50.4 Å². The molecule has 1 N–H and O–H groups in total. The van der Waals surface area contributed by atoms with E-state index in [1.54, 1.807) is 18.2 Å². The summed E-state index contributed by atoms with van der Waals surface area (Å²) in [5.41, 5.74) is 1.04. The van der Waals surface area contributed by atoms with Crippen molar-refractivity contribution >= 4 is 11.6 Å². The summed E-state index contributed by atoms with van der Waals surface area (Å²) in [6.45, 7) is 1.91. The van der Waals surface area contributed by atoms with Gasteiger partial charge in [0.05, 0.1) is 0 Å². The van der Waals surface area contributed by atoms with E-state index in [1.165, 1.54) is 0 Å². The summed E-state index contributed by atoms with van der Waals surface area (Å²) in [6, 6.07) is 8.54. The standard InChI is InChI=1S/C16H16ClF2NO/c1-10(20-2)14-8-12(17)3-6-16(14)21-9-11-7-13(18)4-5-15(11)19/h3-8,10,20H,9H2,1-2H3. The molecule has 1 unspecified atom stereocenters. The van der Waals surface area contributed by atoms with Gasteiger partial charge >= 0.3 is 0 Å². The fourth-order valence-electron chi connectivity index (χ4n) is 1.95. The molecule has 0 aliphatic carbocycles. The van der Waals surface area contributed by atoms with Crippen LogP contribution < -0.4 is 10.1 Å². The molecule has 2 nitrogen and oxygen atoms in total. The van der Waals surface area contributed by atoms with Gasteiger partial charge in [-0.2, -0.15) is 0 Å². The van der Waals surface area contributed by atoms with E-state index in [9.17, 15) is 8.78 Å². The van der Waals surface area contributed by atoms with Crippen LogP contribution in [-0.4, -0.2) is 7.05 Å². The minimum Gasteiger partial charge on any atom is -0.488 e. The Labute approximate surface area is 127 Å². The lowest BCUT2D eigenvalue weighted by Crippen LogP contribution is -2.14. The lowest BCUT2D eigenvalue weighted by Gasteiger charge is -2.17. The fourth-order valence-corrected chi connectivity index (χ4v) is 2.13. The fraction of sp³-hybridized carbons (Fsp3) is 0.250. The Balaban J connectivity index is 2.21. The highest BCUT2D eigenvalue weighted by Crippen LogP contribution is 2.29. The molecule has 2 aromatic rings. The first-order chi connectivity index (χ1) is 10.0. The number of rotatable bonds is 5. The van der Waals surface area contributed by atoms with Gasteiger partial charge in [0.2, 0.25) is 0 Å². The molecule has 2 aromatic carbocycles. The average Bonchev–Trinajstić information content (AvgIpc) is 2.48. The second-order valence-corrected chi connectivity index (χ2v) is 5.15. The Bertz CT molecular complexity index is 634. The summed E-state index contributed by atoms with van der Waals surface area (Å²) in [5.74, 6) is -0.395. The van der Waals surface area contributed by atoms with E-state index >= 15 is 0 Å². The predicted molar refractivity (Wildman–Crippen MR) is 79.6 cm³/mol. The van der Waals surface area contributed by atoms with Crippen molar-refractivity contribution < 1.29 is 13.5 Å². The van der Waals surface area contributed by atoms with Gasteiger partial charge in [-0.25, -0.2) is 8.78 Å². The number of hydrogen-bond acceptors (Lipinski definition) is 2. The van der Waals surface area contributed by atoms with E-state index in [1.807, 2.05) is 14.0 Å². The SMILES string of the molecule is CNC(C)c1cc(Cl)ccc1OCc1cc(F)ccc1F. The molecule has 0 amide bonds. The van der Waals surface area contributed by atoms with Crippen molar-refractivity contribution in [2.45, 2.75) is 19.6 Å². The number of ether oxygens (including phenoxy) is 1. The van der Waals surface area contributed by atoms with Crippen LogP contribution in [0.3, 0.4) is 0 Å². The molecule has 0 bridgehead atoms. The van der Waals surface area contributed by atoms with Gasteiger partial charge in [-0.1, -0.05) is 11.6 Å². The summed E-state index contributed by atoms with van der Waals surface area (Å²) < 4.78 is 32.4. The Morgan fingerprint density at radius 3 is 2.67 bits per heavy atom. The largest absolute Gasteiger partial charge is 0.488 e. The Hall–Kier alpha value is -1.65. The summed E-state index contributed by atoms with van der Waals surface area (Å²) in [5, 5.41) is 3.69. The zero-order valence-electron chi connectivity index (χ0n) is 11.8. The molecule has 0 saturated carbocycles. The van der Waals surface area contributed by atoms with Gasteiger partial charge in [0.1, 0.15) is 24.0 Å². The molecule has 0 aliphatic heterocycles. The smallest absolute Gasteiger partial charge is 0.130 e. The second-order valence-electron chi connectivity index (χ2n) is 4.72. The van der Waals surface area contributed by atoms with Crippen LogP contribution in [0.15, 0.2) is 36.4 Å².